The van der Waals surface area contributed by atoms with Crippen molar-refractivity contribution in [2.75, 3.05) is 6.54 Å². The monoisotopic (exact) mass is 220 g/mol. The van der Waals surface area contributed by atoms with E-state index in [1.54, 1.807) is 11.3 Å². The Bertz CT molecular complexity index is 448. The summed E-state index contributed by atoms with van der Waals surface area (Å²) < 4.78 is 1.35. The number of unbranched alkanes of at least 4 members (excludes halogenated alkanes) is 1. The van der Waals surface area contributed by atoms with Gasteiger partial charge in [0.05, 0.1) is 15.2 Å². The zero-order valence-corrected chi connectivity index (χ0v) is 9.81. The summed E-state index contributed by atoms with van der Waals surface area (Å²) in [6.45, 7) is 2.85. The van der Waals surface area contributed by atoms with Crippen molar-refractivity contribution in [1.29, 1.82) is 0 Å². The maximum atomic E-state index is 5.50. The van der Waals surface area contributed by atoms with Gasteiger partial charge in [-0.2, -0.15) is 0 Å². The van der Waals surface area contributed by atoms with Crippen molar-refractivity contribution in [2.24, 2.45) is 5.73 Å². The number of hydrogen-bond acceptors (Lipinski definition) is 3. The van der Waals surface area contributed by atoms with E-state index in [0.29, 0.717) is 0 Å². The van der Waals surface area contributed by atoms with Crippen LogP contribution < -0.4 is 5.73 Å². The Hall–Kier alpha value is -0.930. The van der Waals surface area contributed by atoms with E-state index in [1.165, 1.54) is 16.7 Å². The minimum Gasteiger partial charge on any atom is -0.330 e. The molecule has 0 atom stereocenters. The Labute approximate surface area is 94.1 Å². The van der Waals surface area contributed by atoms with Crippen molar-refractivity contribution < 1.29 is 0 Å². The summed E-state index contributed by atoms with van der Waals surface area (Å²) in [5, 5.41) is 1.15. The van der Waals surface area contributed by atoms with Gasteiger partial charge in [-0.05, 0) is 44.4 Å². The molecule has 0 aliphatic carbocycles. The lowest BCUT2D eigenvalue weighted by Crippen LogP contribution is -1.98. The second kappa shape index (κ2) is 4.73. The maximum Gasteiger partial charge on any atom is 0.0907 e. The number of fused-ring (bicyclic) bond motifs is 1. The van der Waals surface area contributed by atoms with Crippen LogP contribution in [0.5, 0.6) is 0 Å². The zero-order valence-electron chi connectivity index (χ0n) is 8.99. The van der Waals surface area contributed by atoms with Crippen molar-refractivity contribution in [2.45, 2.75) is 26.2 Å². The highest BCUT2D eigenvalue weighted by Crippen LogP contribution is 2.26. The quantitative estimate of drug-likeness (QED) is 0.805. The lowest BCUT2D eigenvalue weighted by molar-refractivity contribution is 0.748. The van der Waals surface area contributed by atoms with Gasteiger partial charge >= 0.3 is 0 Å². The molecule has 0 bridgehead atoms. The molecule has 2 nitrogen and oxygen atoms in total. The van der Waals surface area contributed by atoms with E-state index in [-0.39, 0.29) is 0 Å². The third kappa shape index (κ3) is 2.36. The molecule has 2 aromatic rings. The van der Waals surface area contributed by atoms with Gasteiger partial charge in [0.1, 0.15) is 0 Å². The molecule has 3 heteroatoms. The molecular weight excluding hydrogens is 204 g/mol. The highest BCUT2D eigenvalue weighted by molar-refractivity contribution is 7.18. The Morgan fingerprint density at radius 2 is 2.20 bits per heavy atom. The lowest BCUT2D eigenvalue weighted by atomic mass is 10.1. The van der Waals surface area contributed by atoms with E-state index >= 15 is 0 Å². The molecule has 1 aromatic carbocycles. The predicted molar refractivity (Wildman–Crippen MR) is 66.3 cm³/mol. The van der Waals surface area contributed by atoms with Gasteiger partial charge in [0.15, 0.2) is 0 Å². The third-order valence-electron chi connectivity index (χ3n) is 2.50. The van der Waals surface area contributed by atoms with Gasteiger partial charge in [0, 0.05) is 0 Å². The van der Waals surface area contributed by atoms with E-state index < -0.39 is 0 Å². The number of aromatic nitrogens is 1. The normalized spacial score (nSPS) is 11.1. The lowest BCUT2D eigenvalue weighted by Gasteiger charge is -2.01. The highest BCUT2D eigenvalue weighted by Gasteiger charge is 2.04. The van der Waals surface area contributed by atoms with Crippen LogP contribution in [0, 0.1) is 6.92 Å². The van der Waals surface area contributed by atoms with Crippen molar-refractivity contribution in [1.82, 2.24) is 4.98 Å². The predicted octanol–water partition coefficient (Wildman–Crippen LogP) is 2.89. The number of hydrogen-bond donors (Lipinski definition) is 1. The van der Waals surface area contributed by atoms with Gasteiger partial charge in [-0.1, -0.05) is 12.1 Å². The molecule has 0 unspecified atom stereocenters. The van der Waals surface area contributed by atoms with Gasteiger partial charge in [0.2, 0.25) is 0 Å². The Morgan fingerprint density at radius 3 is 3.00 bits per heavy atom. The standard InChI is InChI=1S/C12H16N2S/c1-9-14-11-7-4-6-10(12(11)15-9)5-2-3-8-13/h4,6-7H,2-3,5,8,13H2,1H3. The molecule has 1 heterocycles. The molecule has 80 valence electrons. The van der Waals surface area contributed by atoms with E-state index in [2.05, 4.69) is 30.1 Å². The Balaban J connectivity index is 2.25. The average Bonchev–Trinajstić information content (AvgIpc) is 2.59. The molecule has 1 aromatic heterocycles. The first-order chi connectivity index (χ1) is 7.31. The van der Waals surface area contributed by atoms with Crippen LogP contribution in [0.3, 0.4) is 0 Å². The molecule has 0 aliphatic rings. The van der Waals surface area contributed by atoms with Crippen LogP contribution in [0.4, 0.5) is 0 Å². The summed E-state index contributed by atoms with van der Waals surface area (Å²) in [4.78, 5) is 4.50. The summed E-state index contributed by atoms with van der Waals surface area (Å²) in [5.74, 6) is 0. The number of benzene rings is 1. The highest BCUT2D eigenvalue weighted by atomic mass is 32.1. The van der Waals surface area contributed by atoms with Crippen molar-refractivity contribution in [3.63, 3.8) is 0 Å². The zero-order chi connectivity index (χ0) is 10.7. The first kappa shape index (κ1) is 10.6. The SMILES string of the molecule is Cc1nc2cccc(CCCCN)c2s1. The number of aryl methyl sites for hydroxylation is 2. The van der Waals surface area contributed by atoms with E-state index in [9.17, 15) is 0 Å². The number of thiazole rings is 1. The van der Waals surface area contributed by atoms with Crippen LogP contribution in [0.2, 0.25) is 0 Å². The molecule has 15 heavy (non-hydrogen) atoms. The van der Waals surface area contributed by atoms with E-state index in [1.807, 2.05) is 0 Å². The Kier molecular flexibility index (Phi) is 3.34. The Morgan fingerprint density at radius 1 is 1.33 bits per heavy atom. The van der Waals surface area contributed by atoms with E-state index in [0.717, 1.165) is 29.9 Å². The summed E-state index contributed by atoms with van der Waals surface area (Å²) in [5.41, 5.74) is 8.06. The number of rotatable bonds is 4. The van der Waals surface area contributed by atoms with Crippen LogP contribution in [-0.2, 0) is 6.42 Å². The fourth-order valence-electron chi connectivity index (χ4n) is 1.77. The maximum absolute atomic E-state index is 5.50. The fraction of sp³-hybridized carbons (Fsp3) is 0.417. The first-order valence-electron chi connectivity index (χ1n) is 5.36. The van der Waals surface area contributed by atoms with Crippen molar-refractivity contribution in [3.05, 3.63) is 28.8 Å². The topological polar surface area (TPSA) is 38.9 Å². The third-order valence-corrected chi connectivity index (χ3v) is 3.57. The molecule has 0 saturated carbocycles. The molecule has 0 spiro atoms. The van der Waals surface area contributed by atoms with Crippen LogP contribution in [0.1, 0.15) is 23.4 Å². The van der Waals surface area contributed by atoms with Crippen molar-refractivity contribution in [3.8, 4) is 0 Å². The van der Waals surface area contributed by atoms with Gasteiger partial charge in [-0.15, -0.1) is 11.3 Å². The second-order valence-electron chi connectivity index (χ2n) is 3.74. The smallest absolute Gasteiger partial charge is 0.0907 e. The number of nitrogens with zero attached hydrogens (tertiary/aromatic N) is 1. The fourth-order valence-corrected chi connectivity index (χ4v) is 2.73. The minimum atomic E-state index is 0.789. The second-order valence-corrected chi connectivity index (χ2v) is 4.95. The largest absolute Gasteiger partial charge is 0.330 e. The summed E-state index contributed by atoms with van der Waals surface area (Å²) in [6.07, 6.45) is 3.40. The summed E-state index contributed by atoms with van der Waals surface area (Å²) in [6, 6.07) is 6.39. The van der Waals surface area contributed by atoms with Gasteiger partial charge in [-0.3, -0.25) is 0 Å². The molecule has 0 fully saturated rings. The molecule has 0 saturated heterocycles. The van der Waals surface area contributed by atoms with Crippen LogP contribution >= 0.6 is 11.3 Å². The molecule has 2 N–H and O–H groups in total. The van der Waals surface area contributed by atoms with Gasteiger partial charge in [-0.25, -0.2) is 4.98 Å². The molecule has 0 amide bonds. The first-order valence-corrected chi connectivity index (χ1v) is 6.18. The molecule has 2 rings (SSSR count). The van der Waals surface area contributed by atoms with Crippen LogP contribution in [-0.4, -0.2) is 11.5 Å². The molecule has 0 radical (unpaired) electrons. The number of nitrogens with two attached hydrogens (primary N) is 1. The van der Waals surface area contributed by atoms with Crippen molar-refractivity contribution >= 4 is 21.6 Å². The van der Waals surface area contributed by atoms with Gasteiger partial charge < -0.3 is 5.73 Å². The minimum absolute atomic E-state index is 0.789. The summed E-state index contributed by atoms with van der Waals surface area (Å²) in [7, 11) is 0. The molecular formula is C12H16N2S. The van der Waals surface area contributed by atoms with Crippen LogP contribution in [0.25, 0.3) is 10.2 Å². The summed E-state index contributed by atoms with van der Waals surface area (Å²) >= 11 is 1.79. The van der Waals surface area contributed by atoms with Crippen LogP contribution in [0.15, 0.2) is 18.2 Å². The van der Waals surface area contributed by atoms with Gasteiger partial charge in [0.25, 0.3) is 0 Å². The molecule has 0 aliphatic heterocycles. The van der Waals surface area contributed by atoms with E-state index in [4.69, 9.17) is 5.73 Å². The average molecular weight is 220 g/mol.